The fourth-order valence-corrected chi connectivity index (χ4v) is 2.74. The molecule has 0 saturated carbocycles. The summed E-state index contributed by atoms with van der Waals surface area (Å²) < 4.78 is 5.56. The Hall–Kier alpha value is -1.79. The predicted octanol–water partition coefficient (Wildman–Crippen LogP) is 1.70. The second-order valence-corrected chi connectivity index (χ2v) is 6.61. The Kier molecular flexibility index (Phi) is 7.52. The van der Waals surface area contributed by atoms with Gasteiger partial charge < -0.3 is 15.0 Å². The molecule has 1 fully saturated rings. The lowest BCUT2D eigenvalue weighted by Crippen LogP contribution is -2.52. The summed E-state index contributed by atoms with van der Waals surface area (Å²) in [6.45, 7) is 7.66. The van der Waals surface area contributed by atoms with Crippen LogP contribution in [0, 0.1) is 6.92 Å². The summed E-state index contributed by atoms with van der Waals surface area (Å²) in [4.78, 5) is 27.9. The van der Waals surface area contributed by atoms with E-state index in [1.165, 1.54) is 0 Å². The van der Waals surface area contributed by atoms with Crippen molar-refractivity contribution in [3.63, 3.8) is 0 Å². The first-order valence-corrected chi connectivity index (χ1v) is 9.03. The topological polar surface area (TPSA) is 61.9 Å². The molecular formula is C18H26ClN3O3. The fraction of sp³-hybridized carbons (Fsp3) is 0.556. The lowest BCUT2D eigenvalue weighted by Gasteiger charge is -2.34. The minimum atomic E-state index is -0.0392. The van der Waals surface area contributed by atoms with E-state index in [9.17, 15) is 9.59 Å². The first-order valence-electron chi connectivity index (χ1n) is 8.65. The van der Waals surface area contributed by atoms with Gasteiger partial charge in [-0.2, -0.15) is 0 Å². The van der Waals surface area contributed by atoms with Crippen molar-refractivity contribution in [1.82, 2.24) is 15.1 Å². The standard InChI is InChI=1S/C18H26ClN3O3/c1-3-6-20-17(23)12-21-7-9-22(10-8-21)18(24)13-25-15-4-5-16(19)14(2)11-15/h4-5,11H,3,6-10,12-13H2,1-2H3,(H,20,23). The average molecular weight is 368 g/mol. The highest BCUT2D eigenvalue weighted by molar-refractivity contribution is 6.31. The summed E-state index contributed by atoms with van der Waals surface area (Å²) in [6, 6.07) is 5.34. The van der Waals surface area contributed by atoms with Crippen LogP contribution < -0.4 is 10.1 Å². The lowest BCUT2D eigenvalue weighted by atomic mass is 10.2. The highest BCUT2D eigenvalue weighted by Crippen LogP contribution is 2.21. The molecule has 0 unspecified atom stereocenters. The van der Waals surface area contributed by atoms with Crippen LogP contribution in [0.2, 0.25) is 5.02 Å². The largest absolute Gasteiger partial charge is 0.484 e. The molecule has 1 N–H and O–H groups in total. The number of ether oxygens (including phenoxy) is 1. The van der Waals surface area contributed by atoms with Gasteiger partial charge in [0.1, 0.15) is 5.75 Å². The predicted molar refractivity (Wildman–Crippen MR) is 98.0 cm³/mol. The fourth-order valence-electron chi connectivity index (χ4n) is 2.62. The van der Waals surface area contributed by atoms with Gasteiger partial charge >= 0.3 is 0 Å². The number of hydrogen-bond acceptors (Lipinski definition) is 4. The number of hydrogen-bond donors (Lipinski definition) is 1. The van der Waals surface area contributed by atoms with Gasteiger partial charge in [-0.1, -0.05) is 18.5 Å². The molecule has 7 heteroatoms. The maximum absolute atomic E-state index is 12.3. The number of benzene rings is 1. The van der Waals surface area contributed by atoms with E-state index in [0.717, 1.165) is 12.0 Å². The number of amides is 2. The summed E-state index contributed by atoms with van der Waals surface area (Å²) in [5, 5.41) is 3.55. The lowest BCUT2D eigenvalue weighted by molar-refractivity contribution is -0.135. The summed E-state index contributed by atoms with van der Waals surface area (Å²) in [5.41, 5.74) is 0.918. The third-order valence-electron chi connectivity index (χ3n) is 4.16. The molecule has 2 amide bonds. The van der Waals surface area contributed by atoms with E-state index in [1.807, 2.05) is 19.9 Å². The number of aryl methyl sites for hydroxylation is 1. The van der Waals surface area contributed by atoms with Crippen molar-refractivity contribution >= 4 is 23.4 Å². The van der Waals surface area contributed by atoms with E-state index in [-0.39, 0.29) is 18.4 Å². The molecule has 0 bridgehead atoms. The number of nitrogens with one attached hydrogen (secondary N) is 1. The molecule has 25 heavy (non-hydrogen) atoms. The third kappa shape index (κ3) is 6.21. The highest BCUT2D eigenvalue weighted by atomic mass is 35.5. The Morgan fingerprint density at radius 2 is 1.96 bits per heavy atom. The van der Waals surface area contributed by atoms with Gasteiger partial charge in [0.25, 0.3) is 5.91 Å². The first-order chi connectivity index (χ1) is 12.0. The van der Waals surface area contributed by atoms with Crippen molar-refractivity contribution in [3.05, 3.63) is 28.8 Å². The molecule has 0 aromatic heterocycles. The van der Waals surface area contributed by atoms with Crippen molar-refractivity contribution in [2.75, 3.05) is 45.9 Å². The van der Waals surface area contributed by atoms with Gasteiger partial charge in [0.05, 0.1) is 6.54 Å². The molecular weight excluding hydrogens is 342 g/mol. The van der Waals surface area contributed by atoms with Crippen molar-refractivity contribution in [1.29, 1.82) is 0 Å². The minimum Gasteiger partial charge on any atom is -0.484 e. The molecule has 1 aliphatic heterocycles. The number of piperazine rings is 1. The summed E-state index contributed by atoms with van der Waals surface area (Å²) in [5.74, 6) is 0.646. The summed E-state index contributed by atoms with van der Waals surface area (Å²) in [6.07, 6.45) is 0.932. The average Bonchev–Trinajstić information content (AvgIpc) is 2.61. The van der Waals surface area contributed by atoms with E-state index in [2.05, 4.69) is 10.2 Å². The van der Waals surface area contributed by atoms with Crippen molar-refractivity contribution in [2.45, 2.75) is 20.3 Å². The smallest absolute Gasteiger partial charge is 0.260 e. The molecule has 1 aliphatic rings. The van der Waals surface area contributed by atoms with Gasteiger partial charge in [-0.25, -0.2) is 0 Å². The first kappa shape index (κ1) is 19.5. The van der Waals surface area contributed by atoms with Crippen molar-refractivity contribution in [3.8, 4) is 5.75 Å². The Morgan fingerprint density at radius 3 is 2.60 bits per heavy atom. The Bertz CT molecular complexity index is 601. The number of rotatable bonds is 7. The molecule has 1 aromatic rings. The van der Waals surface area contributed by atoms with E-state index in [1.54, 1.807) is 17.0 Å². The van der Waals surface area contributed by atoms with E-state index in [4.69, 9.17) is 16.3 Å². The second-order valence-electron chi connectivity index (χ2n) is 6.21. The molecule has 0 radical (unpaired) electrons. The normalized spacial score (nSPS) is 15.1. The monoisotopic (exact) mass is 367 g/mol. The molecule has 1 heterocycles. The van der Waals surface area contributed by atoms with Gasteiger partial charge in [-0.3, -0.25) is 14.5 Å². The molecule has 1 saturated heterocycles. The Morgan fingerprint density at radius 1 is 1.24 bits per heavy atom. The molecule has 6 nitrogen and oxygen atoms in total. The van der Waals surface area contributed by atoms with Crippen LogP contribution in [-0.4, -0.2) is 67.5 Å². The molecule has 0 atom stereocenters. The van der Waals surface area contributed by atoms with Crippen LogP contribution in [0.4, 0.5) is 0 Å². The number of carbonyl (C=O) groups is 2. The van der Waals surface area contributed by atoms with Crippen molar-refractivity contribution in [2.24, 2.45) is 0 Å². The van der Waals surface area contributed by atoms with Gasteiger partial charge in [-0.05, 0) is 37.1 Å². The maximum Gasteiger partial charge on any atom is 0.260 e. The van der Waals surface area contributed by atoms with E-state index in [0.29, 0.717) is 50.0 Å². The molecule has 0 spiro atoms. The van der Waals surface area contributed by atoms with Crippen molar-refractivity contribution < 1.29 is 14.3 Å². The third-order valence-corrected chi connectivity index (χ3v) is 4.58. The zero-order chi connectivity index (χ0) is 18.2. The SMILES string of the molecule is CCCNC(=O)CN1CCN(C(=O)COc2ccc(Cl)c(C)c2)CC1. The van der Waals surface area contributed by atoms with Gasteiger partial charge in [0.2, 0.25) is 5.91 Å². The molecule has 0 aliphatic carbocycles. The van der Waals surface area contributed by atoms with Gasteiger partial charge in [0, 0.05) is 37.7 Å². The summed E-state index contributed by atoms with van der Waals surface area (Å²) >= 11 is 5.98. The van der Waals surface area contributed by atoms with Crippen LogP contribution in [0.5, 0.6) is 5.75 Å². The van der Waals surface area contributed by atoms with Crippen LogP contribution in [0.15, 0.2) is 18.2 Å². The van der Waals surface area contributed by atoms with Crippen LogP contribution in [-0.2, 0) is 9.59 Å². The Labute approximate surface area is 154 Å². The maximum atomic E-state index is 12.3. The number of carbonyl (C=O) groups excluding carboxylic acids is 2. The van der Waals surface area contributed by atoms with Gasteiger partial charge in [0.15, 0.2) is 6.61 Å². The second kappa shape index (κ2) is 9.63. The van der Waals surface area contributed by atoms with Gasteiger partial charge in [-0.15, -0.1) is 0 Å². The van der Waals surface area contributed by atoms with Crippen LogP contribution in [0.1, 0.15) is 18.9 Å². The van der Waals surface area contributed by atoms with Crippen LogP contribution in [0.3, 0.4) is 0 Å². The van der Waals surface area contributed by atoms with Crippen LogP contribution >= 0.6 is 11.6 Å². The Balaban J connectivity index is 1.71. The molecule has 138 valence electrons. The highest BCUT2D eigenvalue weighted by Gasteiger charge is 2.22. The zero-order valence-corrected chi connectivity index (χ0v) is 15.6. The molecule has 2 rings (SSSR count). The molecule has 1 aromatic carbocycles. The zero-order valence-electron chi connectivity index (χ0n) is 14.9. The van der Waals surface area contributed by atoms with Crippen LogP contribution in [0.25, 0.3) is 0 Å². The summed E-state index contributed by atoms with van der Waals surface area (Å²) in [7, 11) is 0. The van der Waals surface area contributed by atoms with E-state index >= 15 is 0 Å². The number of nitrogens with zero attached hydrogens (tertiary/aromatic N) is 2. The number of halogens is 1. The quantitative estimate of drug-likeness (QED) is 0.796. The minimum absolute atomic E-state index is 0.0120. The van der Waals surface area contributed by atoms with E-state index < -0.39 is 0 Å².